The molecule has 0 radical (unpaired) electrons. The zero-order chi connectivity index (χ0) is 23.5. The van der Waals surface area contributed by atoms with Crippen LogP contribution in [0.3, 0.4) is 0 Å². The van der Waals surface area contributed by atoms with Crippen LogP contribution in [0, 0.1) is 11.6 Å². The van der Waals surface area contributed by atoms with E-state index in [-0.39, 0.29) is 33.6 Å². The Bertz CT molecular complexity index is 1400. The molecule has 168 valence electrons. The predicted molar refractivity (Wildman–Crippen MR) is 122 cm³/mol. The van der Waals surface area contributed by atoms with Crippen LogP contribution in [0.25, 0.3) is 5.69 Å². The van der Waals surface area contributed by atoms with E-state index in [1.54, 1.807) is 42.2 Å². The Kier molecular flexibility index (Phi) is 6.57. The van der Waals surface area contributed by atoms with Crippen molar-refractivity contribution in [1.29, 1.82) is 0 Å². The monoisotopic (exact) mass is 488 g/mol. The summed E-state index contributed by atoms with van der Waals surface area (Å²) in [5.74, 6) is -0.995. The number of imidazole rings is 1. The van der Waals surface area contributed by atoms with Gasteiger partial charge in [-0.05, 0) is 30.3 Å². The molecule has 0 aliphatic heterocycles. The second-order valence-corrected chi connectivity index (χ2v) is 7.80. The van der Waals surface area contributed by atoms with E-state index < -0.39 is 17.2 Å². The molecule has 0 saturated heterocycles. The third-order valence-corrected chi connectivity index (χ3v) is 5.43. The minimum atomic E-state index is -0.845. The van der Waals surface area contributed by atoms with Gasteiger partial charge >= 0.3 is 0 Å². The molecule has 4 rings (SSSR count). The van der Waals surface area contributed by atoms with Crippen LogP contribution in [0.2, 0.25) is 10.0 Å². The number of benzene rings is 2. The second kappa shape index (κ2) is 9.56. The van der Waals surface area contributed by atoms with Crippen molar-refractivity contribution < 1.29 is 13.6 Å². The molecule has 33 heavy (non-hydrogen) atoms. The van der Waals surface area contributed by atoms with Gasteiger partial charge in [-0.2, -0.15) is 0 Å². The summed E-state index contributed by atoms with van der Waals surface area (Å²) in [6.07, 6.45) is 4.76. The molecule has 0 fully saturated rings. The first-order valence-corrected chi connectivity index (χ1v) is 10.4. The molecule has 10 heteroatoms. The van der Waals surface area contributed by atoms with Crippen LogP contribution in [-0.2, 0) is 18.5 Å². The Morgan fingerprint density at radius 2 is 1.88 bits per heavy atom. The molecule has 4 aromatic rings. The number of rotatable bonds is 6. The van der Waals surface area contributed by atoms with E-state index in [9.17, 15) is 13.6 Å². The zero-order valence-electron chi connectivity index (χ0n) is 17.2. The van der Waals surface area contributed by atoms with Gasteiger partial charge in [-0.15, -0.1) is 0 Å². The summed E-state index contributed by atoms with van der Waals surface area (Å²) >= 11 is 12.5. The van der Waals surface area contributed by atoms with Gasteiger partial charge in [0.15, 0.2) is 6.61 Å². The van der Waals surface area contributed by atoms with E-state index in [1.807, 2.05) is 0 Å². The SMILES string of the molecule is Cn1ccnc1CO/N=C(/c1ccc(=O)n(-c2c(Cl)cccc2Cl)c1)c1ccc(F)cc1F. The van der Waals surface area contributed by atoms with Crippen LogP contribution in [-0.4, -0.2) is 19.8 Å². The number of halogens is 4. The Morgan fingerprint density at radius 1 is 1.12 bits per heavy atom. The molecule has 2 heterocycles. The van der Waals surface area contributed by atoms with E-state index in [0.29, 0.717) is 11.4 Å². The summed E-state index contributed by atoms with van der Waals surface area (Å²) in [4.78, 5) is 22.2. The minimum Gasteiger partial charge on any atom is -0.387 e. The minimum absolute atomic E-state index is 0.00575. The van der Waals surface area contributed by atoms with Crippen LogP contribution >= 0.6 is 23.2 Å². The molecule has 6 nitrogen and oxygen atoms in total. The molecule has 0 saturated carbocycles. The fourth-order valence-electron chi connectivity index (χ4n) is 3.15. The maximum absolute atomic E-state index is 14.7. The van der Waals surface area contributed by atoms with Crippen molar-refractivity contribution in [2.75, 3.05) is 0 Å². The van der Waals surface area contributed by atoms with Crippen molar-refractivity contribution in [3.05, 3.63) is 116 Å². The number of oxime groups is 1. The van der Waals surface area contributed by atoms with Gasteiger partial charge in [0.2, 0.25) is 0 Å². The molecule has 0 aliphatic carbocycles. The zero-order valence-corrected chi connectivity index (χ0v) is 18.7. The number of pyridine rings is 1. The van der Waals surface area contributed by atoms with Crippen LogP contribution in [0.1, 0.15) is 17.0 Å². The highest BCUT2D eigenvalue weighted by Gasteiger charge is 2.17. The van der Waals surface area contributed by atoms with Crippen LogP contribution in [0.15, 0.2) is 77.1 Å². The van der Waals surface area contributed by atoms with E-state index >= 15 is 0 Å². The normalized spacial score (nSPS) is 11.6. The van der Waals surface area contributed by atoms with Gasteiger partial charge in [0.1, 0.15) is 23.2 Å². The molecule has 0 amide bonds. The van der Waals surface area contributed by atoms with Gasteiger partial charge < -0.3 is 9.40 Å². The van der Waals surface area contributed by atoms with E-state index in [0.717, 1.165) is 12.1 Å². The highest BCUT2D eigenvalue weighted by atomic mass is 35.5. The fourth-order valence-corrected chi connectivity index (χ4v) is 3.73. The smallest absolute Gasteiger partial charge is 0.255 e. The standard InChI is InChI=1S/C23H16Cl2F2N4O2/c1-30-10-9-28-20(30)13-33-29-22(16-7-6-15(26)11-19(16)27)14-5-8-21(32)31(12-14)23-17(24)3-2-4-18(23)25/h2-12H,13H2,1H3/b29-22-. The molecular formula is C23H16Cl2F2N4O2. The molecule has 0 atom stereocenters. The lowest BCUT2D eigenvalue weighted by Crippen LogP contribution is -2.20. The quantitative estimate of drug-likeness (QED) is 0.279. The van der Waals surface area contributed by atoms with Crippen LogP contribution in [0.5, 0.6) is 0 Å². The summed E-state index contributed by atoms with van der Waals surface area (Å²) in [7, 11) is 1.79. The molecular weight excluding hydrogens is 473 g/mol. The number of para-hydroxylation sites is 1. The van der Waals surface area contributed by atoms with Crippen molar-refractivity contribution in [3.8, 4) is 5.69 Å². The fraction of sp³-hybridized carbons (Fsp3) is 0.0870. The van der Waals surface area contributed by atoms with Crippen LogP contribution in [0.4, 0.5) is 8.78 Å². The Hall–Kier alpha value is -3.49. The van der Waals surface area contributed by atoms with Crippen molar-refractivity contribution in [2.45, 2.75) is 6.61 Å². The number of nitrogens with zero attached hydrogens (tertiary/aromatic N) is 4. The maximum Gasteiger partial charge on any atom is 0.255 e. The van der Waals surface area contributed by atoms with Crippen molar-refractivity contribution in [3.63, 3.8) is 0 Å². The molecule has 0 unspecified atom stereocenters. The summed E-state index contributed by atoms with van der Waals surface area (Å²) in [6.45, 7) is 0.00575. The average Bonchev–Trinajstić information content (AvgIpc) is 3.18. The molecule has 0 aliphatic rings. The highest BCUT2D eigenvalue weighted by molar-refractivity contribution is 6.37. The molecule has 2 aromatic heterocycles. The first kappa shape index (κ1) is 22.7. The maximum atomic E-state index is 14.7. The largest absolute Gasteiger partial charge is 0.387 e. The summed E-state index contributed by atoms with van der Waals surface area (Å²) in [5, 5.41) is 4.60. The molecule has 2 aromatic carbocycles. The van der Waals surface area contributed by atoms with Gasteiger partial charge in [0, 0.05) is 48.9 Å². The lowest BCUT2D eigenvalue weighted by molar-refractivity contribution is 0.123. The Morgan fingerprint density at radius 3 is 2.55 bits per heavy atom. The topological polar surface area (TPSA) is 61.4 Å². The highest BCUT2D eigenvalue weighted by Crippen LogP contribution is 2.28. The van der Waals surface area contributed by atoms with Gasteiger partial charge in [0.05, 0.1) is 15.7 Å². The number of aromatic nitrogens is 3. The molecule has 0 bridgehead atoms. The first-order valence-electron chi connectivity index (χ1n) is 9.64. The summed E-state index contributed by atoms with van der Waals surface area (Å²) in [5.41, 5.74) is 0.184. The first-order chi connectivity index (χ1) is 15.8. The van der Waals surface area contributed by atoms with E-state index in [4.69, 9.17) is 28.0 Å². The second-order valence-electron chi connectivity index (χ2n) is 6.99. The number of hydrogen-bond donors (Lipinski definition) is 0. The molecule has 0 spiro atoms. The lowest BCUT2D eigenvalue weighted by Gasteiger charge is -2.13. The lowest BCUT2D eigenvalue weighted by atomic mass is 10.0. The Balaban J connectivity index is 1.83. The van der Waals surface area contributed by atoms with Crippen LogP contribution < -0.4 is 5.56 Å². The van der Waals surface area contributed by atoms with E-state index in [1.165, 1.54) is 29.0 Å². The third-order valence-electron chi connectivity index (χ3n) is 4.82. The van der Waals surface area contributed by atoms with Crippen molar-refractivity contribution in [1.82, 2.24) is 14.1 Å². The van der Waals surface area contributed by atoms with Crippen molar-refractivity contribution in [2.24, 2.45) is 12.2 Å². The van der Waals surface area contributed by atoms with Gasteiger partial charge in [-0.25, -0.2) is 13.8 Å². The van der Waals surface area contributed by atoms with Gasteiger partial charge in [0.25, 0.3) is 5.56 Å². The number of aryl methyl sites for hydroxylation is 1. The van der Waals surface area contributed by atoms with E-state index in [2.05, 4.69) is 10.1 Å². The average molecular weight is 489 g/mol. The van der Waals surface area contributed by atoms with Gasteiger partial charge in [-0.1, -0.05) is 34.4 Å². The molecule has 0 N–H and O–H groups in total. The van der Waals surface area contributed by atoms with Gasteiger partial charge in [-0.3, -0.25) is 9.36 Å². The third kappa shape index (κ3) is 4.81. The number of hydrogen-bond acceptors (Lipinski definition) is 4. The van der Waals surface area contributed by atoms with Crippen molar-refractivity contribution >= 4 is 28.9 Å². The summed E-state index contributed by atoms with van der Waals surface area (Å²) < 4.78 is 31.2. The predicted octanol–water partition coefficient (Wildman–Crippen LogP) is 5.13. The summed E-state index contributed by atoms with van der Waals surface area (Å²) in [6, 6.07) is 10.6. The Labute approximate surface area is 197 Å².